The van der Waals surface area contributed by atoms with Crippen molar-refractivity contribution in [3.8, 4) is 5.75 Å². The minimum atomic E-state index is -4.86. The number of ether oxygens (including phenoxy) is 1. The summed E-state index contributed by atoms with van der Waals surface area (Å²) in [5, 5.41) is 3.19. The molecule has 0 bridgehead atoms. The molecule has 2 atom stereocenters. The van der Waals surface area contributed by atoms with E-state index in [1.54, 1.807) is 0 Å². The van der Waals surface area contributed by atoms with Crippen molar-refractivity contribution in [2.45, 2.75) is 43.1 Å². The van der Waals surface area contributed by atoms with Crippen LogP contribution >= 0.6 is 12.4 Å². The number of sulfonamides is 1. The highest BCUT2D eigenvalue weighted by molar-refractivity contribution is 7.89. The fourth-order valence-corrected chi connectivity index (χ4v) is 3.68. The van der Waals surface area contributed by atoms with Crippen LogP contribution < -0.4 is 14.8 Å². The van der Waals surface area contributed by atoms with Gasteiger partial charge < -0.3 is 10.1 Å². The van der Waals surface area contributed by atoms with E-state index in [9.17, 15) is 21.6 Å². The van der Waals surface area contributed by atoms with Crippen molar-refractivity contribution in [2.75, 3.05) is 6.54 Å². The van der Waals surface area contributed by atoms with Crippen LogP contribution in [0.1, 0.15) is 19.8 Å². The van der Waals surface area contributed by atoms with Crippen LogP contribution in [0.15, 0.2) is 29.2 Å². The summed E-state index contributed by atoms with van der Waals surface area (Å²) < 4.78 is 67.4. The minimum absolute atomic E-state index is 0. The van der Waals surface area contributed by atoms with Gasteiger partial charge in [-0.1, -0.05) is 6.07 Å². The second-order valence-corrected chi connectivity index (χ2v) is 6.93. The number of rotatable bonds is 4. The molecule has 23 heavy (non-hydrogen) atoms. The van der Waals surface area contributed by atoms with Crippen LogP contribution in [-0.4, -0.2) is 33.4 Å². The van der Waals surface area contributed by atoms with Gasteiger partial charge in [-0.3, -0.25) is 0 Å². The molecule has 0 spiro atoms. The van der Waals surface area contributed by atoms with Gasteiger partial charge >= 0.3 is 6.36 Å². The molecule has 1 aliphatic heterocycles. The Hall–Kier alpha value is -1.03. The smallest absolute Gasteiger partial charge is 0.406 e. The van der Waals surface area contributed by atoms with E-state index in [1.165, 1.54) is 12.1 Å². The summed E-state index contributed by atoms with van der Waals surface area (Å²) in [6.07, 6.45) is -3.61. The zero-order valence-electron chi connectivity index (χ0n) is 12.3. The Morgan fingerprint density at radius 1 is 1.35 bits per heavy atom. The van der Waals surface area contributed by atoms with Crippen LogP contribution in [0.5, 0.6) is 5.75 Å². The maximum absolute atomic E-state index is 12.3. The largest absolute Gasteiger partial charge is 0.573 e. The highest BCUT2D eigenvalue weighted by Gasteiger charge is 2.32. The molecule has 132 valence electrons. The van der Waals surface area contributed by atoms with Crippen molar-refractivity contribution >= 4 is 22.4 Å². The summed E-state index contributed by atoms with van der Waals surface area (Å²) in [5.41, 5.74) is 0. The predicted molar refractivity (Wildman–Crippen MR) is 81.2 cm³/mol. The number of hydrogen-bond acceptors (Lipinski definition) is 4. The molecule has 2 rings (SSSR count). The third kappa shape index (κ3) is 6.17. The molecule has 0 aliphatic carbocycles. The Balaban J connectivity index is 0.00000264. The Bertz CT molecular complexity index is 625. The topological polar surface area (TPSA) is 67.4 Å². The molecule has 1 aromatic rings. The third-order valence-corrected chi connectivity index (χ3v) is 4.81. The van der Waals surface area contributed by atoms with E-state index in [2.05, 4.69) is 14.8 Å². The van der Waals surface area contributed by atoms with E-state index in [4.69, 9.17) is 0 Å². The van der Waals surface area contributed by atoms with Gasteiger partial charge in [0.15, 0.2) is 0 Å². The van der Waals surface area contributed by atoms with Gasteiger partial charge in [0.2, 0.25) is 10.0 Å². The molecule has 1 aromatic carbocycles. The number of piperidine rings is 1. The summed E-state index contributed by atoms with van der Waals surface area (Å²) in [4.78, 5) is -0.250. The maximum atomic E-state index is 12.3. The average molecular weight is 375 g/mol. The first kappa shape index (κ1) is 20.0. The van der Waals surface area contributed by atoms with Gasteiger partial charge in [0.05, 0.1) is 4.90 Å². The van der Waals surface area contributed by atoms with Crippen molar-refractivity contribution in [1.29, 1.82) is 0 Å². The quantitative estimate of drug-likeness (QED) is 0.849. The van der Waals surface area contributed by atoms with Crippen molar-refractivity contribution < 1.29 is 26.3 Å². The molecule has 5 nitrogen and oxygen atoms in total. The average Bonchev–Trinajstić information content (AvgIpc) is 2.36. The standard InChI is InChI=1S/C13H17F3N2O3S.ClH/c1-9-7-10(5-6-17-9)18-22(19,20)12-4-2-3-11(8-12)21-13(14,15)16;/h2-4,8-10,17-18H,5-7H2,1H3;1H. The monoisotopic (exact) mass is 374 g/mol. The number of alkyl halides is 3. The van der Waals surface area contributed by atoms with E-state index >= 15 is 0 Å². The van der Waals surface area contributed by atoms with E-state index in [1.807, 2.05) is 6.92 Å². The Morgan fingerprint density at radius 3 is 2.65 bits per heavy atom. The first-order valence-corrected chi connectivity index (χ1v) is 8.25. The number of halogens is 4. The first-order valence-electron chi connectivity index (χ1n) is 6.77. The number of hydrogen-bond donors (Lipinski definition) is 2. The molecule has 10 heteroatoms. The molecule has 1 aliphatic rings. The molecular weight excluding hydrogens is 357 g/mol. The highest BCUT2D eigenvalue weighted by atomic mass is 35.5. The van der Waals surface area contributed by atoms with Gasteiger partial charge in [-0.15, -0.1) is 25.6 Å². The maximum Gasteiger partial charge on any atom is 0.573 e. The van der Waals surface area contributed by atoms with Gasteiger partial charge in [-0.05, 0) is 38.4 Å². The van der Waals surface area contributed by atoms with E-state index < -0.39 is 22.1 Å². The Kier molecular flexibility index (Phi) is 6.70. The molecule has 0 amide bonds. The molecule has 0 saturated carbocycles. The van der Waals surface area contributed by atoms with Gasteiger partial charge in [0, 0.05) is 18.2 Å². The lowest BCUT2D eigenvalue weighted by Crippen LogP contribution is -2.46. The zero-order chi connectivity index (χ0) is 16.4. The SMILES string of the molecule is CC1CC(NS(=O)(=O)c2cccc(OC(F)(F)F)c2)CCN1.Cl. The number of benzene rings is 1. The predicted octanol–water partition coefficient (Wildman–Crippen LogP) is 2.43. The molecule has 0 radical (unpaired) electrons. The summed E-state index contributed by atoms with van der Waals surface area (Å²) in [6.45, 7) is 2.63. The van der Waals surface area contributed by atoms with Crippen molar-refractivity contribution in [1.82, 2.24) is 10.0 Å². The van der Waals surface area contributed by atoms with E-state index in [-0.39, 0.29) is 29.4 Å². The molecule has 0 aromatic heterocycles. The van der Waals surface area contributed by atoms with Crippen molar-refractivity contribution in [3.05, 3.63) is 24.3 Å². The molecular formula is C13H18ClF3N2O3S. The summed E-state index contributed by atoms with van der Waals surface area (Å²) in [5.74, 6) is -0.561. The second-order valence-electron chi connectivity index (χ2n) is 5.22. The van der Waals surface area contributed by atoms with Gasteiger partial charge in [-0.2, -0.15) is 0 Å². The van der Waals surface area contributed by atoms with Gasteiger partial charge in [-0.25, -0.2) is 13.1 Å². The number of nitrogens with one attached hydrogen (secondary N) is 2. The molecule has 1 heterocycles. The summed E-state index contributed by atoms with van der Waals surface area (Å²) in [6, 6.07) is 4.30. The van der Waals surface area contributed by atoms with Crippen LogP contribution in [0.4, 0.5) is 13.2 Å². The van der Waals surface area contributed by atoms with Gasteiger partial charge in [0.25, 0.3) is 0 Å². The van der Waals surface area contributed by atoms with Crippen LogP contribution in [0.3, 0.4) is 0 Å². The fourth-order valence-electron chi connectivity index (χ4n) is 2.36. The van der Waals surface area contributed by atoms with Crippen LogP contribution in [0, 0.1) is 0 Å². The van der Waals surface area contributed by atoms with Gasteiger partial charge in [0.1, 0.15) is 5.75 Å². The third-order valence-electron chi connectivity index (χ3n) is 3.29. The molecule has 2 unspecified atom stereocenters. The van der Waals surface area contributed by atoms with Crippen molar-refractivity contribution in [3.63, 3.8) is 0 Å². The highest BCUT2D eigenvalue weighted by Crippen LogP contribution is 2.25. The molecule has 2 N–H and O–H groups in total. The lowest BCUT2D eigenvalue weighted by atomic mass is 10.0. The molecule has 1 fully saturated rings. The Morgan fingerprint density at radius 2 is 2.04 bits per heavy atom. The zero-order valence-corrected chi connectivity index (χ0v) is 13.9. The van der Waals surface area contributed by atoms with E-state index in [0.717, 1.165) is 12.1 Å². The summed E-state index contributed by atoms with van der Waals surface area (Å²) in [7, 11) is -3.89. The van der Waals surface area contributed by atoms with Crippen LogP contribution in [0.25, 0.3) is 0 Å². The van der Waals surface area contributed by atoms with Crippen molar-refractivity contribution in [2.24, 2.45) is 0 Å². The molecule has 1 saturated heterocycles. The lowest BCUT2D eigenvalue weighted by Gasteiger charge is -2.28. The summed E-state index contributed by atoms with van der Waals surface area (Å²) >= 11 is 0. The van der Waals surface area contributed by atoms with E-state index in [0.29, 0.717) is 19.4 Å². The Labute approximate surface area is 139 Å². The fraction of sp³-hybridized carbons (Fsp3) is 0.538. The second kappa shape index (κ2) is 7.69. The first-order chi connectivity index (χ1) is 10.2. The normalized spacial score (nSPS) is 22.3. The minimum Gasteiger partial charge on any atom is -0.406 e. The van der Waals surface area contributed by atoms with Crippen LogP contribution in [-0.2, 0) is 10.0 Å². The van der Waals surface area contributed by atoms with Crippen LogP contribution in [0.2, 0.25) is 0 Å². The lowest BCUT2D eigenvalue weighted by molar-refractivity contribution is -0.274.